The first-order chi connectivity index (χ1) is 10.2. The van der Waals surface area contributed by atoms with E-state index >= 15 is 0 Å². The van der Waals surface area contributed by atoms with Crippen LogP contribution >= 0.6 is 11.3 Å². The third-order valence-corrected chi connectivity index (χ3v) is 6.46. The molecule has 1 aromatic heterocycles. The number of hydrogen-bond acceptors (Lipinski definition) is 6. The van der Waals surface area contributed by atoms with E-state index in [4.69, 9.17) is 0 Å². The molecule has 9 heteroatoms. The van der Waals surface area contributed by atoms with Gasteiger partial charge in [-0.15, -0.1) is 10.2 Å². The Labute approximate surface area is 135 Å². The van der Waals surface area contributed by atoms with Gasteiger partial charge in [0, 0.05) is 32.1 Å². The van der Waals surface area contributed by atoms with Crippen LogP contribution in [0.1, 0.15) is 47.4 Å². The van der Waals surface area contributed by atoms with E-state index in [0.717, 1.165) is 5.01 Å². The number of rotatable bonds is 4. The number of carbonyl (C=O) groups excluding carboxylic acids is 1. The Hall–Kier alpha value is -1.06. The van der Waals surface area contributed by atoms with Crippen molar-refractivity contribution in [1.82, 2.24) is 19.4 Å². The third-order valence-electron chi connectivity index (χ3n) is 3.91. The molecule has 0 unspecified atom stereocenters. The zero-order valence-electron chi connectivity index (χ0n) is 13.3. The molecule has 7 nitrogen and oxygen atoms in total. The highest BCUT2D eigenvalue weighted by Gasteiger charge is 2.30. The van der Waals surface area contributed by atoms with Crippen molar-refractivity contribution in [1.29, 1.82) is 0 Å². The zero-order chi connectivity index (χ0) is 16.5. The lowest BCUT2D eigenvalue weighted by molar-refractivity contribution is 0.0685. The van der Waals surface area contributed by atoms with Crippen LogP contribution in [-0.2, 0) is 10.0 Å². The Kier molecular flexibility index (Phi) is 5.18. The molecule has 22 heavy (non-hydrogen) atoms. The van der Waals surface area contributed by atoms with Gasteiger partial charge in [-0.05, 0) is 12.8 Å². The number of sulfonamides is 1. The molecule has 1 aliphatic heterocycles. The van der Waals surface area contributed by atoms with Crippen LogP contribution < -0.4 is 0 Å². The van der Waals surface area contributed by atoms with Crippen LogP contribution in [0.3, 0.4) is 0 Å². The summed E-state index contributed by atoms with van der Waals surface area (Å²) >= 11 is 1.33. The number of aromatic nitrogens is 2. The second-order valence-corrected chi connectivity index (χ2v) is 8.95. The Morgan fingerprint density at radius 1 is 1.32 bits per heavy atom. The number of hydrogen-bond donors (Lipinski definition) is 0. The standard InChI is InChI=1S/C13H22N4O3S2/c1-9(2)11-14-15-12(21-11)13(18)17-7-5-10(6-8-17)16(3)22(4,19)20/h9-10H,5-8H2,1-4H3. The maximum Gasteiger partial charge on any atom is 0.284 e. The van der Waals surface area contributed by atoms with Gasteiger partial charge >= 0.3 is 0 Å². The van der Waals surface area contributed by atoms with E-state index in [-0.39, 0.29) is 17.9 Å². The first-order valence-electron chi connectivity index (χ1n) is 7.26. The van der Waals surface area contributed by atoms with E-state index in [1.54, 1.807) is 11.9 Å². The van der Waals surface area contributed by atoms with Crippen molar-refractivity contribution in [3.8, 4) is 0 Å². The second-order valence-electron chi connectivity index (χ2n) is 5.90. The average Bonchev–Trinajstić information content (AvgIpc) is 2.95. The highest BCUT2D eigenvalue weighted by Crippen LogP contribution is 2.23. The van der Waals surface area contributed by atoms with Crippen LogP contribution in [0.2, 0.25) is 0 Å². The van der Waals surface area contributed by atoms with Gasteiger partial charge in [0.1, 0.15) is 5.01 Å². The van der Waals surface area contributed by atoms with E-state index in [1.807, 2.05) is 13.8 Å². The quantitative estimate of drug-likeness (QED) is 0.817. The Morgan fingerprint density at radius 2 is 1.91 bits per heavy atom. The molecule has 0 aliphatic carbocycles. The molecule has 0 radical (unpaired) electrons. The van der Waals surface area contributed by atoms with E-state index in [1.165, 1.54) is 21.9 Å². The van der Waals surface area contributed by atoms with Crippen LogP contribution in [0.25, 0.3) is 0 Å². The van der Waals surface area contributed by atoms with Gasteiger partial charge < -0.3 is 4.90 Å². The Bertz CT molecular complexity index is 633. The van der Waals surface area contributed by atoms with Crippen molar-refractivity contribution in [2.75, 3.05) is 26.4 Å². The van der Waals surface area contributed by atoms with Crippen LogP contribution in [0.15, 0.2) is 0 Å². The first-order valence-corrected chi connectivity index (χ1v) is 9.92. The summed E-state index contributed by atoms with van der Waals surface area (Å²) in [4.78, 5) is 14.1. The van der Waals surface area contributed by atoms with Gasteiger partial charge in [0.05, 0.1) is 6.26 Å². The van der Waals surface area contributed by atoms with E-state index in [2.05, 4.69) is 10.2 Å². The predicted octanol–water partition coefficient (Wildman–Crippen LogP) is 1.16. The fourth-order valence-corrected chi connectivity index (χ4v) is 3.96. The molecule has 1 fully saturated rings. The smallest absolute Gasteiger partial charge is 0.284 e. The lowest BCUT2D eigenvalue weighted by Gasteiger charge is -2.35. The molecule has 1 amide bonds. The largest absolute Gasteiger partial charge is 0.336 e. The molecular weight excluding hydrogens is 324 g/mol. The van der Waals surface area contributed by atoms with Crippen LogP contribution in [0, 0.1) is 0 Å². The van der Waals surface area contributed by atoms with Crippen molar-refractivity contribution >= 4 is 27.3 Å². The second kappa shape index (κ2) is 6.59. The van der Waals surface area contributed by atoms with Gasteiger partial charge in [-0.1, -0.05) is 25.2 Å². The number of nitrogens with zero attached hydrogens (tertiary/aromatic N) is 4. The fraction of sp³-hybridized carbons (Fsp3) is 0.769. The lowest BCUT2D eigenvalue weighted by atomic mass is 10.1. The fourth-order valence-electron chi connectivity index (χ4n) is 2.39. The molecule has 124 valence electrons. The van der Waals surface area contributed by atoms with Gasteiger partial charge in [-0.2, -0.15) is 0 Å². The van der Waals surface area contributed by atoms with Crippen LogP contribution in [-0.4, -0.2) is 66.2 Å². The molecule has 1 aromatic rings. The molecule has 0 bridgehead atoms. The van der Waals surface area contributed by atoms with Crippen molar-refractivity contribution in [3.05, 3.63) is 10.0 Å². The number of likely N-dealkylation sites (tertiary alicyclic amines) is 1. The summed E-state index contributed by atoms with van der Waals surface area (Å²) in [6.45, 7) is 5.11. The highest BCUT2D eigenvalue weighted by atomic mass is 32.2. The summed E-state index contributed by atoms with van der Waals surface area (Å²) in [6, 6.07) is -0.0419. The molecule has 0 spiro atoms. The number of amides is 1. The minimum absolute atomic E-state index is 0.0419. The molecule has 0 atom stereocenters. The van der Waals surface area contributed by atoms with Gasteiger partial charge in [0.15, 0.2) is 0 Å². The summed E-state index contributed by atoms with van der Waals surface area (Å²) in [5.74, 6) is 0.151. The molecule has 2 heterocycles. The van der Waals surface area contributed by atoms with Gasteiger partial charge in [0.25, 0.3) is 5.91 Å². The number of carbonyl (C=O) groups is 1. The average molecular weight is 346 g/mol. The van der Waals surface area contributed by atoms with Crippen molar-refractivity contribution in [2.24, 2.45) is 0 Å². The Balaban J connectivity index is 1.97. The molecule has 0 saturated carbocycles. The van der Waals surface area contributed by atoms with E-state index in [9.17, 15) is 13.2 Å². The van der Waals surface area contributed by atoms with Gasteiger partial charge in [-0.25, -0.2) is 12.7 Å². The molecular formula is C13H22N4O3S2. The molecule has 0 N–H and O–H groups in total. The lowest BCUT2D eigenvalue weighted by Crippen LogP contribution is -2.47. The van der Waals surface area contributed by atoms with Gasteiger partial charge in [-0.3, -0.25) is 4.79 Å². The van der Waals surface area contributed by atoms with Crippen molar-refractivity contribution < 1.29 is 13.2 Å². The van der Waals surface area contributed by atoms with E-state index < -0.39 is 10.0 Å². The molecule has 1 aliphatic rings. The summed E-state index contributed by atoms with van der Waals surface area (Å²) in [5, 5.41) is 9.29. The molecule has 2 rings (SSSR count). The summed E-state index contributed by atoms with van der Waals surface area (Å²) in [7, 11) is -1.59. The van der Waals surface area contributed by atoms with Crippen molar-refractivity contribution in [2.45, 2.75) is 38.6 Å². The maximum absolute atomic E-state index is 12.4. The van der Waals surface area contributed by atoms with E-state index in [0.29, 0.717) is 30.9 Å². The molecule has 0 aromatic carbocycles. The minimum atomic E-state index is -3.19. The summed E-state index contributed by atoms with van der Waals surface area (Å²) in [6.07, 6.45) is 2.50. The topological polar surface area (TPSA) is 83.5 Å². The Morgan fingerprint density at radius 3 is 2.36 bits per heavy atom. The highest BCUT2D eigenvalue weighted by molar-refractivity contribution is 7.88. The summed E-state index contributed by atoms with van der Waals surface area (Å²) in [5.41, 5.74) is 0. The number of piperidine rings is 1. The minimum Gasteiger partial charge on any atom is -0.336 e. The monoisotopic (exact) mass is 346 g/mol. The maximum atomic E-state index is 12.4. The zero-order valence-corrected chi connectivity index (χ0v) is 14.9. The third kappa shape index (κ3) is 3.82. The van der Waals surface area contributed by atoms with Crippen molar-refractivity contribution in [3.63, 3.8) is 0 Å². The normalized spacial score (nSPS) is 17.5. The summed E-state index contributed by atoms with van der Waals surface area (Å²) < 4.78 is 24.5. The van der Waals surface area contributed by atoms with Gasteiger partial charge in [0.2, 0.25) is 15.0 Å². The predicted molar refractivity (Wildman–Crippen MR) is 85.5 cm³/mol. The molecule has 1 saturated heterocycles. The van der Waals surface area contributed by atoms with Crippen LogP contribution in [0.5, 0.6) is 0 Å². The van der Waals surface area contributed by atoms with Crippen LogP contribution in [0.4, 0.5) is 0 Å². The SMILES string of the molecule is CC(C)c1nnc(C(=O)N2CCC(N(C)S(C)(=O)=O)CC2)s1. The first kappa shape index (κ1) is 17.3.